The van der Waals surface area contributed by atoms with Crippen molar-refractivity contribution in [2.24, 2.45) is 11.7 Å². The van der Waals surface area contributed by atoms with E-state index in [4.69, 9.17) is 5.73 Å². The van der Waals surface area contributed by atoms with Gasteiger partial charge in [0.2, 0.25) is 0 Å². The third-order valence-electron chi connectivity index (χ3n) is 4.63. The Morgan fingerprint density at radius 1 is 1.07 bits per heavy atom. The van der Waals surface area contributed by atoms with Crippen molar-refractivity contribution >= 4 is 28.2 Å². The van der Waals surface area contributed by atoms with Crippen LogP contribution in [-0.2, 0) is 15.6 Å². The normalized spacial score (nSPS) is 12.3. The number of carbonyl (C=O) groups is 1. The third-order valence-corrected chi connectivity index (χ3v) is 6.34. The number of hydrogen-bond donors (Lipinski definition) is 1. The molecular formula is C21H29ClN2O3S. The lowest BCUT2D eigenvalue weighted by Gasteiger charge is -2.21. The minimum absolute atomic E-state index is 0. The summed E-state index contributed by atoms with van der Waals surface area (Å²) in [6.45, 7) is 4.68. The molecule has 0 radical (unpaired) electrons. The fraction of sp³-hybridized carbons (Fsp3) is 0.381. The molecule has 154 valence electrons. The quantitative estimate of drug-likeness (QED) is 0.702. The number of amides is 1. The summed E-state index contributed by atoms with van der Waals surface area (Å²) in [7, 11) is -1.71. The second-order valence-corrected chi connectivity index (χ2v) is 9.19. The van der Waals surface area contributed by atoms with Crippen LogP contribution in [0.3, 0.4) is 0 Å². The first-order valence-electron chi connectivity index (χ1n) is 9.08. The summed E-state index contributed by atoms with van der Waals surface area (Å²) in [5, 5.41) is 0. The second-order valence-electron chi connectivity index (χ2n) is 7.20. The van der Waals surface area contributed by atoms with Crippen molar-refractivity contribution in [3.8, 4) is 0 Å². The molecule has 2 rings (SSSR count). The molecule has 5 nitrogen and oxygen atoms in total. The van der Waals surface area contributed by atoms with E-state index < -0.39 is 9.84 Å². The molecule has 1 atom stereocenters. The Morgan fingerprint density at radius 2 is 1.71 bits per heavy atom. The summed E-state index contributed by atoms with van der Waals surface area (Å²) in [5.74, 6) is 0.0880. The first-order valence-corrected chi connectivity index (χ1v) is 10.7. The van der Waals surface area contributed by atoms with Gasteiger partial charge in [0.25, 0.3) is 5.91 Å². The van der Waals surface area contributed by atoms with E-state index in [0.29, 0.717) is 23.6 Å². The van der Waals surface area contributed by atoms with Gasteiger partial charge in [-0.05, 0) is 42.2 Å². The van der Waals surface area contributed by atoms with Gasteiger partial charge in [-0.1, -0.05) is 44.2 Å². The van der Waals surface area contributed by atoms with E-state index in [0.717, 1.165) is 6.42 Å². The molecule has 0 saturated carbocycles. The average Bonchev–Trinajstić information content (AvgIpc) is 2.65. The highest BCUT2D eigenvalue weighted by atomic mass is 35.5. The largest absolute Gasteiger partial charge is 0.342 e. The number of carbonyl (C=O) groups excluding carboxylic acids is 1. The van der Waals surface area contributed by atoms with Crippen molar-refractivity contribution < 1.29 is 13.2 Å². The van der Waals surface area contributed by atoms with E-state index in [1.54, 1.807) is 66.5 Å². The van der Waals surface area contributed by atoms with Crippen LogP contribution in [0.1, 0.15) is 36.2 Å². The summed E-state index contributed by atoms with van der Waals surface area (Å²) in [6.07, 6.45) is 0.724. The van der Waals surface area contributed by atoms with E-state index in [1.165, 1.54) is 0 Å². The van der Waals surface area contributed by atoms with Gasteiger partial charge in [0.05, 0.1) is 10.6 Å². The molecule has 7 heteroatoms. The number of sulfone groups is 1. The second kappa shape index (κ2) is 10.6. The molecule has 0 bridgehead atoms. The summed E-state index contributed by atoms with van der Waals surface area (Å²) in [4.78, 5) is 14.6. The highest BCUT2D eigenvalue weighted by molar-refractivity contribution is 7.90. The molecule has 2 aromatic rings. The van der Waals surface area contributed by atoms with E-state index >= 15 is 0 Å². The van der Waals surface area contributed by atoms with Gasteiger partial charge >= 0.3 is 0 Å². The topological polar surface area (TPSA) is 80.5 Å². The maximum Gasteiger partial charge on any atom is 0.253 e. The van der Waals surface area contributed by atoms with Crippen molar-refractivity contribution in [1.82, 2.24) is 4.90 Å². The molecule has 0 aliphatic heterocycles. The third kappa shape index (κ3) is 6.62. The molecule has 0 fully saturated rings. The Hall–Kier alpha value is -1.89. The molecule has 0 heterocycles. The first-order chi connectivity index (χ1) is 12.7. The minimum Gasteiger partial charge on any atom is -0.342 e. The number of nitrogens with zero attached hydrogens (tertiary/aromatic N) is 1. The molecular weight excluding hydrogens is 396 g/mol. The van der Waals surface area contributed by atoms with Gasteiger partial charge in [0.15, 0.2) is 9.84 Å². The van der Waals surface area contributed by atoms with E-state index in [9.17, 15) is 13.2 Å². The Balaban J connectivity index is 0.00000392. The molecule has 1 amide bonds. The summed E-state index contributed by atoms with van der Waals surface area (Å²) >= 11 is 0. The van der Waals surface area contributed by atoms with Gasteiger partial charge in [0.1, 0.15) is 0 Å². The van der Waals surface area contributed by atoms with Gasteiger partial charge in [-0.3, -0.25) is 4.79 Å². The van der Waals surface area contributed by atoms with Crippen molar-refractivity contribution in [3.05, 3.63) is 65.7 Å². The Kier molecular flexibility index (Phi) is 9.14. The van der Waals surface area contributed by atoms with Crippen LogP contribution >= 0.6 is 12.4 Å². The molecule has 0 aromatic heterocycles. The highest BCUT2D eigenvalue weighted by Crippen LogP contribution is 2.17. The summed E-state index contributed by atoms with van der Waals surface area (Å²) < 4.78 is 25.1. The van der Waals surface area contributed by atoms with Gasteiger partial charge in [0, 0.05) is 25.2 Å². The van der Waals surface area contributed by atoms with Crippen LogP contribution in [0.25, 0.3) is 0 Å². The Morgan fingerprint density at radius 3 is 2.32 bits per heavy atom. The lowest BCUT2D eigenvalue weighted by Crippen LogP contribution is -2.34. The van der Waals surface area contributed by atoms with Crippen molar-refractivity contribution in [1.29, 1.82) is 0 Å². The Bertz CT molecular complexity index is 870. The van der Waals surface area contributed by atoms with Gasteiger partial charge in [-0.15, -0.1) is 12.4 Å². The maximum atomic E-state index is 12.7. The van der Waals surface area contributed by atoms with E-state index in [-0.39, 0.29) is 35.0 Å². The maximum absolute atomic E-state index is 12.7. The molecule has 28 heavy (non-hydrogen) atoms. The zero-order valence-electron chi connectivity index (χ0n) is 16.5. The van der Waals surface area contributed by atoms with Crippen molar-refractivity contribution in [2.45, 2.75) is 37.0 Å². The molecule has 0 aliphatic rings. The van der Waals surface area contributed by atoms with Gasteiger partial charge in [-0.2, -0.15) is 0 Å². The number of benzene rings is 2. The number of halogens is 1. The SMILES string of the molecule is CC(C)C(N)CCN(C)C(=O)c1cccc(CS(=O)(=O)c2ccccc2)c1.Cl. The average molecular weight is 425 g/mol. The lowest BCUT2D eigenvalue weighted by atomic mass is 10.0. The van der Waals surface area contributed by atoms with Crippen LogP contribution in [0, 0.1) is 5.92 Å². The summed E-state index contributed by atoms with van der Waals surface area (Å²) in [6, 6.07) is 15.2. The van der Waals surface area contributed by atoms with Crippen LogP contribution in [0.15, 0.2) is 59.5 Å². The minimum atomic E-state index is -3.45. The van der Waals surface area contributed by atoms with Crippen LogP contribution in [0.2, 0.25) is 0 Å². The zero-order valence-corrected chi connectivity index (χ0v) is 18.2. The van der Waals surface area contributed by atoms with E-state index in [1.807, 2.05) is 0 Å². The number of hydrogen-bond acceptors (Lipinski definition) is 4. The predicted molar refractivity (Wildman–Crippen MR) is 115 cm³/mol. The highest BCUT2D eigenvalue weighted by Gasteiger charge is 2.18. The first kappa shape index (κ1) is 24.1. The molecule has 0 saturated heterocycles. The monoisotopic (exact) mass is 424 g/mol. The Labute approximate surface area is 174 Å². The van der Waals surface area contributed by atoms with Gasteiger partial charge in [-0.25, -0.2) is 8.42 Å². The lowest BCUT2D eigenvalue weighted by molar-refractivity contribution is 0.0789. The van der Waals surface area contributed by atoms with Crippen LogP contribution in [0.4, 0.5) is 0 Å². The molecule has 1 unspecified atom stereocenters. The standard InChI is InChI=1S/C21H28N2O3S.ClH/c1-16(2)20(22)12-13-23(3)21(24)18-9-7-8-17(14-18)15-27(25,26)19-10-5-4-6-11-19;/h4-11,14,16,20H,12-13,15,22H2,1-3H3;1H. The fourth-order valence-corrected chi connectivity index (χ4v) is 4.08. The summed E-state index contributed by atoms with van der Waals surface area (Å²) in [5.41, 5.74) is 7.12. The number of rotatable bonds is 8. The van der Waals surface area contributed by atoms with Crippen LogP contribution in [-0.4, -0.2) is 38.9 Å². The van der Waals surface area contributed by atoms with Gasteiger partial charge < -0.3 is 10.6 Å². The number of nitrogens with two attached hydrogens (primary N) is 1. The van der Waals surface area contributed by atoms with Crippen molar-refractivity contribution in [2.75, 3.05) is 13.6 Å². The molecule has 0 aliphatic carbocycles. The van der Waals surface area contributed by atoms with Crippen molar-refractivity contribution in [3.63, 3.8) is 0 Å². The fourth-order valence-electron chi connectivity index (χ4n) is 2.72. The smallest absolute Gasteiger partial charge is 0.253 e. The van der Waals surface area contributed by atoms with Crippen LogP contribution < -0.4 is 5.73 Å². The van der Waals surface area contributed by atoms with Crippen LogP contribution in [0.5, 0.6) is 0 Å². The van der Waals surface area contributed by atoms with E-state index in [2.05, 4.69) is 13.8 Å². The molecule has 2 aromatic carbocycles. The molecule has 2 N–H and O–H groups in total. The predicted octanol–water partition coefficient (Wildman–Crippen LogP) is 3.53. The molecule has 0 spiro atoms. The zero-order chi connectivity index (χ0) is 20.0.